The van der Waals surface area contributed by atoms with Gasteiger partial charge in [-0.15, -0.1) is 0 Å². The molecule has 1 aliphatic carbocycles. The van der Waals surface area contributed by atoms with Crippen molar-refractivity contribution in [3.63, 3.8) is 0 Å². The smallest absolute Gasteiger partial charge is 0.0471 e. The Morgan fingerprint density at radius 3 is 2.70 bits per heavy atom. The number of allylic oxidation sites excluding steroid dienone is 1. The molecule has 20 heavy (non-hydrogen) atoms. The Morgan fingerprint density at radius 1 is 1.10 bits per heavy atom. The first kappa shape index (κ1) is 13.1. The Hall–Kier alpha value is -1.86. The summed E-state index contributed by atoms with van der Waals surface area (Å²) in [6.45, 7) is 2.35. The van der Waals surface area contributed by atoms with Crippen molar-refractivity contribution >= 4 is 5.57 Å². The van der Waals surface area contributed by atoms with Crippen LogP contribution in [0.3, 0.4) is 0 Å². The Labute approximate surface area is 120 Å². The molecule has 1 nitrogen and oxygen atoms in total. The molecule has 0 saturated heterocycles. The summed E-state index contributed by atoms with van der Waals surface area (Å²) in [4.78, 5) is 0. The Bertz CT molecular complexity index is 653. The molecule has 1 N–H and O–H groups in total. The lowest BCUT2D eigenvalue weighted by molar-refractivity contribution is 0.305. The summed E-state index contributed by atoms with van der Waals surface area (Å²) < 4.78 is 0. The third-order valence-electron chi connectivity index (χ3n) is 4.00. The average molecular weight is 264 g/mol. The van der Waals surface area contributed by atoms with Gasteiger partial charge in [0.15, 0.2) is 0 Å². The van der Waals surface area contributed by atoms with Crippen LogP contribution in [0.4, 0.5) is 0 Å². The normalized spacial score (nSPS) is 13.2. The van der Waals surface area contributed by atoms with Gasteiger partial charge in [0.25, 0.3) is 0 Å². The highest BCUT2D eigenvalue weighted by Crippen LogP contribution is 2.37. The number of aliphatic hydroxyl groups is 1. The topological polar surface area (TPSA) is 20.2 Å². The summed E-state index contributed by atoms with van der Waals surface area (Å²) in [5.74, 6) is 0. The molecule has 1 heteroatoms. The number of benzene rings is 2. The second kappa shape index (κ2) is 5.64. The highest BCUT2D eigenvalue weighted by atomic mass is 16.2. The Kier molecular flexibility index (Phi) is 3.70. The first-order chi connectivity index (χ1) is 9.83. The van der Waals surface area contributed by atoms with Crippen LogP contribution in [0.25, 0.3) is 16.7 Å². The van der Waals surface area contributed by atoms with Crippen molar-refractivity contribution in [2.45, 2.75) is 26.2 Å². The molecule has 102 valence electrons. The van der Waals surface area contributed by atoms with Crippen molar-refractivity contribution in [3.05, 3.63) is 65.2 Å². The molecule has 1 aliphatic rings. The van der Waals surface area contributed by atoms with Crippen molar-refractivity contribution in [3.8, 4) is 11.1 Å². The molecule has 0 aromatic heterocycles. The molecule has 0 atom stereocenters. The number of aliphatic hydroxyl groups excluding tert-OH is 1. The van der Waals surface area contributed by atoms with Gasteiger partial charge >= 0.3 is 0 Å². The fraction of sp³-hybridized carbons (Fsp3) is 0.263. The highest BCUT2D eigenvalue weighted by molar-refractivity contribution is 5.79. The number of hydrogen-bond donors (Lipinski definition) is 1. The zero-order chi connectivity index (χ0) is 13.9. The molecule has 0 amide bonds. The zero-order valence-electron chi connectivity index (χ0n) is 11.9. The predicted octanol–water partition coefficient (Wildman–Crippen LogP) is 4.43. The minimum absolute atomic E-state index is 0.211. The molecular weight excluding hydrogens is 244 g/mol. The van der Waals surface area contributed by atoms with Crippen LogP contribution in [0.5, 0.6) is 0 Å². The molecule has 0 fully saturated rings. The van der Waals surface area contributed by atoms with Gasteiger partial charge in [-0.1, -0.05) is 55.5 Å². The number of hydrogen-bond acceptors (Lipinski definition) is 1. The van der Waals surface area contributed by atoms with Crippen molar-refractivity contribution in [2.24, 2.45) is 0 Å². The van der Waals surface area contributed by atoms with Gasteiger partial charge in [0, 0.05) is 6.61 Å². The van der Waals surface area contributed by atoms with Gasteiger partial charge in [-0.3, -0.25) is 0 Å². The molecule has 0 spiro atoms. The maximum absolute atomic E-state index is 9.22. The number of rotatable bonds is 4. The van der Waals surface area contributed by atoms with Crippen molar-refractivity contribution in [2.75, 3.05) is 6.61 Å². The lowest BCUT2D eigenvalue weighted by Gasteiger charge is -2.09. The van der Waals surface area contributed by atoms with E-state index in [4.69, 9.17) is 0 Å². The van der Waals surface area contributed by atoms with E-state index in [0.29, 0.717) is 0 Å². The molecule has 2 aromatic rings. The molecule has 0 radical (unpaired) electrons. The first-order valence-electron chi connectivity index (χ1n) is 7.35. The van der Waals surface area contributed by atoms with E-state index < -0.39 is 0 Å². The molecular formula is C19H20O. The van der Waals surface area contributed by atoms with Crippen LogP contribution in [-0.2, 0) is 6.42 Å². The lowest BCUT2D eigenvalue weighted by Crippen LogP contribution is -1.91. The molecule has 0 aliphatic heterocycles. The summed E-state index contributed by atoms with van der Waals surface area (Å²) in [6, 6.07) is 15.4. The monoisotopic (exact) mass is 264 g/mol. The highest BCUT2D eigenvalue weighted by Gasteiger charge is 2.18. The summed E-state index contributed by atoms with van der Waals surface area (Å²) in [5, 5.41) is 9.22. The second-order valence-corrected chi connectivity index (χ2v) is 5.32. The third kappa shape index (κ3) is 2.30. The van der Waals surface area contributed by atoms with E-state index >= 15 is 0 Å². The SMILES string of the molecule is CC/C=C(/CCO)c1ccc2c(c1)Cc1ccccc1-2. The largest absolute Gasteiger partial charge is 0.396 e. The van der Waals surface area contributed by atoms with E-state index in [0.717, 1.165) is 19.3 Å². The van der Waals surface area contributed by atoms with E-state index in [2.05, 4.69) is 55.5 Å². The molecule has 2 aromatic carbocycles. The van der Waals surface area contributed by atoms with E-state index in [1.165, 1.54) is 33.4 Å². The maximum atomic E-state index is 9.22. The first-order valence-corrected chi connectivity index (χ1v) is 7.35. The maximum Gasteiger partial charge on any atom is 0.0471 e. The van der Waals surface area contributed by atoms with Gasteiger partial charge in [-0.2, -0.15) is 0 Å². The van der Waals surface area contributed by atoms with Gasteiger partial charge in [-0.25, -0.2) is 0 Å². The molecule has 0 saturated carbocycles. The summed E-state index contributed by atoms with van der Waals surface area (Å²) in [5.41, 5.74) is 8.08. The van der Waals surface area contributed by atoms with Crippen LogP contribution >= 0.6 is 0 Å². The van der Waals surface area contributed by atoms with Crippen molar-refractivity contribution < 1.29 is 5.11 Å². The quantitative estimate of drug-likeness (QED) is 0.739. The summed E-state index contributed by atoms with van der Waals surface area (Å²) in [7, 11) is 0. The Balaban J connectivity index is 2.00. The van der Waals surface area contributed by atoms with E-state index in [9.17, 15) is 5.11 Å². The van der Waals surface area contributed by atoms with E-state index in [-0.39, 0.29) is 6.61 Å². The van der Waals surface area contributed by atoms with Crippen LogP contribution in [0.15, 0.2) is 48.5 Å². The van der Waals surface area contributed by atoms with E-state index in [1.54, 1.807) is 0 Å². The zero-order valence-corrected chi connectivity index (χ0v) is 11.9. The number of fused-ring (bicyclic) bond motifs is 3. The van der Waals surface area contributed by atoms with Gasteiger partial charge in [0.05, 0.1) is 0 Å². The minimum atomic E-state index is 0.211. The fourth-order valence-electron chi connectivity index (χ4n) is 3.08. The lowest BCUT2D eigenvalue weighted by atomic mass is 9.97. The van der Waals surface area contributed by atoms with Gasteiger partial charge in [0.1, 0.15) is 0 Å². The average Bonchev–Trinajstić information content (AvgIpc) is 2.84. The fourth-order valence-corrected chi connectivity index (χ4v) is 3.08. The summed E-state index contributed by atoms with van der Waals surface area (Å²) in [6.07, 6.45) is 4.99. The van der Waals surface area contributed by atoms with Crippen LogP contribution in [0, 0.1) is 0 Å². The standard InChI is InChI=1S/C19H20O/c1-2-5-14(10-11-20)15-8-9-19-17(12-15)13-16-6-3-4-7-18(16)19/h3-9,12,20H,2,10-11,13H2,1H3/b14-5-. The van der Waals surface area contributed by atoms with Gasteiger partial charge in [0.2, 0.25) is 0 Å². The predicted molar refractivity (Wildman–Crippen MR) is 84.7 cm³/mol. The Morgan fingerprint density at radius 2 is 1.90 bits per heavy atom. The molecule has 0 heterocycles. The van der Waals surface area contributed by atoms with Crippen LogP contribution in [0.2, 0.25) is 0 Å². The molecule has 3 rings (SSSR count). The third-order valence-corrected chi connectivity index (χ3v) is 4.00. The summed E-state index contributed by atoms with van der Waals surface area (Å²) >= 11 is 0. The van der Waals surface area contributed by atoms with Crippen LogP contribution < -0.4 is 0 Å². The molecule has 0 bridgehead atoms. The van der Waals surface area contributed by atoms with Gasteiger partial charge < -0.3 is 5.11 Å². The van der Waals surface area contributed by atoms with Crippen molar-refractivity contribution in [1.82, 2.24) is 0 Å². The minimum Gasteiger partial charge on any atom is -0.396 e. The molecule has 0 unspecified atom stereocenters. The second-order valence-electron chi connectivity index (χ2n) is 5.32. The van der Waals surface area contributed by atoms with Gasteiger partial charge in [-0.05, 0) is 52.7 Å². The van der Waals surface area contributed by atoms with Crippen LogP contribution in [0.1, 0.15) is 36.5 Å². The van der Waals surface area contributed by atoms with Crippen molar-refractivity contribution in [1.29, 1.82) is 0 Å². The van der Waals surface area contributed by atoms with E-state index in [1.807, 2.05) is 0 Å². The van der Waals surface area contributed by atoms with Crippen LogP contribution in [-0.4, -0.2) is 11.7 Å².